The van der Waals surface area contributed by atoms with E-state index < -0.39 is 29.1 Å². The van der Waals surface area contributed by atoms with Crippen molar-refractivity contribution in [2.24, 2.45) is 0 Å². The molecule has 2 aromatic rings. The van der Waals surface area contributed by atoms with Crippen molar-refractivity contribution in [3.05, 3.63) is 81.0 Å². The molecule has 1 aliphatic heterocycles. The second-order valence-electron chi connectivity index (χ2n) is 7.59. The van der Waals surface area contributed by atoms with Crippen molar-refractivity contribution in [2.45, 2.75) is 39.5 Å². The fourth-order valence-electron chi connectivity index (χ4n) is 3.57. The SMILES string of the molecule is COc1ccc([N+](=O)[O-])cc1C1NC(=O)N(Cc2ccccc2)C(C)=C1C(=O)OC(C)C. The van der Waals surface area contributed by atoms with Crippen LogP contribution in [0.5, 0.6) is 5.75 Å². The predicted octanol–water partition coefficient (Wildman–Crippen LogP) is 4.10. The third kappa shape index (κ3) is 4.72. The van der Waals surface area contributed by atoms with Gasteiger partial charge in [-0.3, -0.25) is 15.0 Å². The van der Waals surface area contributed by atoms with Crippen LogP contribution in [0.4, 0.5) is 10.5 Å². The molecule has 1 heterocycles. The Kier molecular flexibility index (Phi) is 6.77. The molecule has 0 fully saturated rings. The highest BCUT2D eigenvalue weighted by atomic mass is 16.6. The van der Waals surface area contributed by atoms with Crippen LogP contribution < -0.4 is 10.1 Å². The van der Waals surface area contributed by atoms with Crippen LogP contribution >= 0.6 is 0 Å². The van der Waals surface area contributed by atoms with Gasteiger partial charge in [0.2, 0.25) is 0 Å². The Balaban J connectivity index is 2.14. The Morgan fingerprint density at radius 1 is 1.22 bits per heavy atom. The lowest BCUT2D eigenvalue weighted by atomic mass is 9.93. The van der Waals surface area contributed by atoms with Crippen molar-refractivity contribution >= 4 is 17.7 Å². The van der Waals surface area contributed by atoms with Crippen molar-refractivity contribution in [3.63, 3.8) is 0 Å². The van der Waals surface area contributed by atoms with Crippen LogP contribution in [0.25, 0.3) is 0 Å². The summed E-state index contributed by atoms with van der Waals surface area (Å²) in [6, 6.07) is 12.0. The number of urea groups is 1. The Morgan fingerprint density at radius 3 is 2.50 bits per heavy atom. The first-order chi connectivity index (χ1) is 15.2. The maximum atomic E-state index is 13.1. The van der Waals surface area contributed by atoms with E-state index in [4.69, 9.17) is 9.47 Å². The first-order valence-corrected chi connectivity index (χ1v) is 10.1. The fourth-order valence-corrected chi connectivity index (χ4v) is 3.57. The van der Waals surface area contributed by atoms with Gasteiger partial charge in [-0.05, 0) is 32.4 Å². The maximum absolute atomic E-state index is 13.1. The summed E-state index contributed by atoms with van der Waals surface area (Å²) in [5, 5.41) is 14.2. The summed E-state index contributed by atoms with van der Waals surface area (Å²) in [4.78, 5) is 38.4. The Hall–Kier alpha value is -3.88. The van der Waals surface area contributed by atoms with Crippen LogP contribution in [0.15, 0.2) is 59.8 Å². The van der Waals surface area contributed by atoms with Crippen molar-refractivity contribution in [1.29, 1.82) is 0 Å². The van der Waals surface area contributed by atoms with Gasteiger partial charge in [0.05, 0.1) is 36.3 Å². The number of amides is 2. The van der Waals surface area contributed by atoms with Gasteiger partial charge in [-0.25, -0.2) is 9.59 Å². The van der Waals surface area contributed by atoms with Crippen molar-refractivity contribution in [1.82, 2.24) is 10.2 Å². The monoisotopic (exact) mass is 439 g/mol. The molecule has 168 valence electrons. The molecule has 1 aliphatic rings. The van der Waals surface area contributed by atoms with E-state index in [1.807, 2.05) is 30.3 Å². The first kappa shape index (κ1) is 22.8. The van der Waals surface area contributed by atoms with E-state index in [-0.39, 0.29) is 17.8 Å². The molecule has 9 heteroatoms. The highest BCUT2D eigenvalue weighted by molar-refractivity contribution is 5.95. The molecule has 0 bridgehead atoms. The number of non-ortho nitro benzene ring substituents is 1. The number of hydrogen-bond donors (Lipinski definition) is 1. The second-order valence-corrected chi connectivity index (χ2v) is 7.59. The number of rotatable bonds is 7. The van der Waals surface area contributed by atoms with Crippen LogP contribution in [0.2, 0.25) is 0 Å². The summed E-state index contributed by atoms with van der Waals surface area (Å²) in [6.07, 6.45) is -0.393. The van der Waals surface area contributed by atoms with Gasteiger partial charge in [0.15, 0.2) is 0 Å². The number of nitrogens with zero attached hydrogens (tertiary/aromatic N) is 2. The number of esters is 1. The number of carbonyl (C=O) groups is 2. The van der Waals surface area contributed by atoms with Gasteiger partial charge in [-0.15, -0.1) is 0 Å². The molecular formula is C23H25N3O6. The molecule has 2 aromatic carbocycles. The van der Waals surface area contributed by atoms with E-state index in [1.165, 1.54) is 30.2 Å². The maximum Gasteiger partial charge on any atom is 0.338 e. The normalized spacial score (nSPS) is 16.1. The Bertz CT molecular complexity index is 1060. The minimum absolute atomic E-state index is 0.184. The largest absolute Gasteiger partial charge is 0.496 e. The van der Waals surface area contributed by atoms with Crippen LogP contribution in [-0.4, -0.2) is 35.0 Å². The number of allylic oxidation sites excluding steroid dienone is 1. The quantitative estimate of drug-likeness (QED) is 0.395. The number of nitro benzene ring substituents is 1. The molecule has 2 amide bonds. The minimum atomic E-state index is -0.976. The van der Waals surface area contributed by atoms with Gasteiger partial charge in [-0.1, -0.05) is 30.3 Å². The molecule has 32 heavy (non-hydrogen) atoms. The molecule has 1 unspecified atom stereocenters. The number of methoxy groups -OCH3 is 1. The number of nitro groups is 1. The standard InChI is InChI=1S/C23H25N3O6/c1-14(2)32-22(27)20-15(3)25(13-16-8-6-5-7-9-16)23(28)24-21(20)18-12-17(26(29)30)10-11-19(18)31-4/h5-12,14,21H,13H2,1-4H3,(H,24,28). The second kappa shape index (κ2) is 9.51. The van der Waals surface area contributed by atoms with Crippen molar-refractivity contribution in [2.75, 3.05) is 7.11 Å². The zero-order valence-corrected chi connectivity index (χ0v) is 18.3. The zero-order valence-electron chi connectivity index (χ0n) is 18.3. The van der Waals surface area contributed by atoms with E-state index >= 15 is 0 Å². The number of nitrogens with one attached hydrogen (secondary N) is 1. The van der Waals surface area contributed by atoms with Gasteiger partial charge in [0.25, 0.3) is 5.69 Å². The van der Waals surface area contributed by atoms with Crippen LogP contribution in [-0.2, 0) is 16.1 Å². The summed E-state index contributed by atoms with van der Waals surface area (Å²) in [7, 11) is 1.42. The van der Waals surface area contributed by atoms with Gasteiger partial charge in [-0.2, -0.15) is 0 Å². The van der Waals surface area contributed by atoms with E-state index in [0.717, 1.165) is 5.56 Å². The average molecular weight is 439 g/mol. The summed E-state index contributed by atoms with van der Waals surface area (Å²) >= 11 is 0. The highest BCUT2D eigenvalue weighted by Gasteiger charge is 2.38. The number of hydrogen-bond acceptors (Lipinski definition) is 6. The van der Waals surface area contributed by atoms with Gasteiger partial charge >= 0.3 is 12.0 Å². The summed E-state index contributed by atoms with van der Waals surface area (Å²) in [5.74, 6) is -0.311. The van der Waals surface area contributed by atoms with E-state index in [9.17, 15) is 19.7 Å². The minimum Gasteiger partial charge on any atom is -0.496 e. The predicted molar refractivity (Wildman–Crippen MR) is 117 cm³/mol. The third-order valence-corrected chi connectivity index (χ3v) is 5.08. The number of benzene rings is 2. The fraction of sp³-hybridized carbons (Fsp3) is 0.304. The molecule has 1 N–H and O–H groups in total. The first-order valence-electron chi connectivity index (χ1n) is 10.1. The molecule has 0 radical (unpaired) electrons. The van der Waals surface area contributed by atoms with Crippen molar-refractivity contribution in [3.8, 4) is 5.75 Å². The van der Waals surface area contributed by atoms with E-state index in [1.54, 1.807) is 20.8 Å². The van der Waals surface area contributed by atoms with Gasteiger partial charge < -0.3 is 14.8 Å². The Labute approximate surface area is 185 Å². The Morgan fingerprint density at radius 2 is 1.91 bits per heavy atom. The van der Waals surface area contributed by atoms with E-state index in [0.29, 0.717) is 17.0 Å². The van der Waals surface area contributed by atoms with Gasteiger partial charge in [0, 0.05) is 23.4 Å². The molecular weight excluding hydrogens is 414 g/mol. The molecule has 0 saturated carbocycles. The highest BCUT2D eigenvalue weighted by Crippen LogP contribution is 2.38. The van der Waals surface area contributed by atoms with Gasteiger partial charge in [0.1, 0.15) is 5.75 Å². The molecule has 9 nitrogen and oxygen atoms in total. The summed E-state index contributed by atoms with van der Waals surface area (Å²) in [6.45, 7) is 5.35. The summed E-state index contributed by atoms with van der Waals surface area (Å²) < 4.78 is 10.8. The third-order valence-electron chi connectivity index (χ3n) is 5.08. The topological polar surface area (TPSA) is 111 Å². The molecule has 0 saturated heterocycles. The van der Waals surface area contributed by atoms with Crippen molar-refractivity contribution < 1.29 is 24.0 Å². The molecule has 0 spiro atoms. The molecule has 1 atom stereocenters. The molecule has 3 rings (SSSR count). The number of carbonyl (C=O) groups excluding carboxylic acids is 2. The molecule has 0 aromatic heterocycles. The lowest BCUT2D eigenvalue weighted by Gasteiger charge is -2.36. The lowest BCUT2D eigenvalue weighted by molar-refractivity contribution is -0.385. The summed E-state index contributed by atoms with van der Waals surface area (Å²) in [5.41, 5.74) is 1.58. The molecule has 0 aliphatic carbocycles. The van der Waals surface area contributed by atoms with Crippen LogP contribution in [0.1, 0.15) is 37.9 Å². The van der Waals surface area contributed by atoms with Crippen LogP contribution in [0, 0.1) is 10.1 Å². The average Bonchev–Trinajstić information content (AvgIpc) is 2.75. The zero-order chi connectivity index (χ0) is 23.4. The van der Waals surface area contributed by atoms with E-state index in [2.05, 4.69) is 5.32 Å². The lowest BCUT2D eigenvalue weighted by Crippen LogP contribution is -2.47. The van der Waals surface area contributed by atoms with Crippen LogP contribution in [0.3, 0.4) is 0 Å². The number of ether oxygens (including phenoxy) is 2. The smallest absolute Gasteiger partial charge is 0.338 e.